The number of allylic oxidation sites excluding steroid dienone is 2. The van der Waals surface area contributed by atoms with Crippen LogP contribution < -0.4 is 5.32 Å². The van der Waals surface area contributed by atoms with E-state index in [0.29, 0.717) is 31.7 Å². The maximum absolute atomic E-state index is 14.2. The smallest absolute Gasteiger partial charge is 0.309 e. The second-order valence-corrected chi connectivity index (χ2v) is 22.9. The third-order valence-electron chi connectivity index (χ3n) is 20.1. The van der Waals surface area contributed by atoms with Crippen molar-refractivity contribution in [1.82, 2.24) is 14.9 Å². The molecule has 1 spiro atoms. The lowest BCUT2D eigenvalue weighted by Gasteiger charge is -2.80. The fourth-order valence-corrected chi connectivity index (χ4v) is 16.2. The van der Waals surface area contributed by atoms with Crippen molar-refractivity contribution in [3.05, 3.63) is 71.3 Å². The van der Waals surface area contributed by atoms with Crippen LogP contribution in [0.2, 0.25) is 0 Å². The number of Topliss-reactive ketones (excluding diaryl/α,β-unsaturated/α-hetero) is 1. The van der Waals surface area contributed by atoms with Gasteiger partial charge in [-0.15, -0.1) is 0 Å². The summed E-state index contributed by atoms with van der Waals surface area (Å²) in [6, 6.07) is 8.22. The van der Waals surface area contributed by atoms with Gasteiger partial charge in [0, 0.05) is 42.1 Å². The average molecular weight is 832 g/mol. The van der Waals surface area contributed by atoms with E-state index in [1.165, 1.54) is 11.1 Å². The lowest BCUT2D eigenvalue weighted by molar-refractivity contribution is -0.297. The zero-order valence-electron chi connectivity index (χ0n) is 38.2. The molecule has 1 heterocycles. The van der Waals surface area contributed by atoms with E-state index in [1.807, 2.05) is 37.9 Å². The minimum absolute atomic E-state index is 0.0159. The van der Waals surface area contributed by atoms with Gasteiger partial charge < -0.3 is 19.7 Å². The maximum atomic E-state index is 14.2. The number of hydrogen-bond acceptors (Lipinski definition) is 6. The first-order valence-electron chi connectivity index (χ1n) is 23.3. The van der Waals surface area contributed by atoms with E-state index < -0.39 is 28.6 Å². The lowest BCUT2D eigenvalue weighted by atomic mass is 9.24. The molecule has 1 aromatic carbocycles. The van der Waals surface area contributed by atoms with E-state index in [0.717, 1.165) is 80.3 Å². The number of aryl methyl sites for hydroxylation is 1. The molecule has 11 atom stereocenters. The van der Waals surface area contributed by atoms with Crippen LogP contribution in [-0.2, 0) is 30.5 Å². The summed E-state index contributed by atoms with van der Waals surface area (Å²) in [5, 5.41) is 13.0. The molecule has 0 aliphatic heterocycles. The minimum atomic E-state index is -0.838. The summed E-state index contributed by atoms with van der Waals surface area (Å²) in [6.45, 7) is 25.2. The van der Waals surface area contributed by atoms with Gasteiger partial charge in [0.15, 0.2) is 5.78 Å². The summed E-state index contributed by atoms with van der Waals surface area (Å²) < 4.78 is 8.55. The molecular weight excluding hydrogens is 763 g/mol. The number of carboxylic acids is 1. The summed E-state index contributed by atoms with van der Waals surface area (Å²) in [5.74, 6) is -0.946. The van der Waals surface area contributed by atoms with Crippen LogP contribution in [0.3, 0.4) is 0 Å². The van der Waals surface area contributed by atoms with Gasteiger partial charge in [0.1, 0.15) is 6.10 Å². The maximum Gasteiger partial charge on any atom is 0.309 e. The third kappa shape index (κ3) is 5.58. The second-order valence-electron chi connectivity index (χ2n) is 22.9. The molecule has 1 aromatic heterocycles. The predicted octanol–water partition coefficient (Wildman–Crippen LogP) is 10.1. The van der Waals surface area contributed by atoms with Crippen molar-refractivity contribution in [3.63, 3.8) is 0 Å². The van der Waals surface area contributed by atoms with Crippen molar-refractivity contribution < 1.29 is 29.0 Å². The molecule has 9 heteroatoms. The highest BCUT2D eigenvalue weighted by molar-refractivity contribution is 6.01. The molecule has 0 saturated heterocycles. The Morgan fingerprint density at radius 3 is 2.25 bits per heavy atom. The SMILES string of the molecule is C=C1C[C@@]23CC[C@]4(C)[C@H](CCC5C6=C(C(C)C)C(=O)CC6(CC(=O)NCc6ccc(-n7cnc(C)c7)cc6)CC[C@]54C)[C@@]2(C)CCC(OC(=O)[C@H]2C[C@@H](C(=O)O)C2(C)C)[C@@]13C. The van der Waals surface area contributed by atoms with E-state index in [-0.39, 0.29) is 62.7 Å². The molecule has 9 rings (SSSR count). The van der Waals surface area contributed by atoms with Crippen LogP contribution in [0, 0.1) is 74.4 Å². The summed E-state index contributed by atoms with van der Waals surface area (Å²) in [4.78, 5) is 58.4. The lowest BCUT2D eigenvalue weighted by Crippen LogP contribution is -2.75. The zero-order valence-corrected chi connectivity index (χ0v) is 38.2. The first-order valence-corrected chi connectivity index (χ1v) is 23.3. The fraction of sp³-hybridized carbons (Fsp3) is 0.673. The van der Waals surface area contributed by atoms with Gasteiger partial charge in [-0.25, -0.2) is 4.98 Å². The van der Waals surface area contributed by atoms with Crippen molar-refractivity contribution in [2.45, 2.75) is 152 Å². The number of rotatable bonds is 9. The quantitative estimate of drug-likeness (QED) is 0.190. The fourth-order valence-electron chi connectivity index (χ4n) is 16.2. The highest BCUT2D eigenvalue weighted by Gasteiger charge is 2.79. The van der Waals surface area contributed by atoms with E-state index >= 15 is 0 Å². The highest BCUT2D eigenvalue weighted by Crippen LogP contribution is 2.84. The van der Waals surface area contributed by atoms with Crippen LogP contribution in [0.4, 0.5) is 0 Å². The Balaban J connectivity index is 0.954. The van der Waals surface area contributed by atoms with Crippen molar-refractivity contribution in [1.29, 1.82) is 0 Å². The van der Waals surface area contributed by atoms with E-state index in [1.54, 1.807) is 0 Å². The third-order valence-corrected chi connectivity index (χ3v) is 20.1. The molecule has 328 valence electrons. The molecule has 2 N–H and O–H groups in total. The molecular formula is C52H69N3O6. The molecule has 6 saturated carbocycles. The molecule has 3 unspecified atom stereocenters. The molecule has 61 heavy (non-hydrogen) atoms. The Morgan fingerprint density at radius 1 is 0.918 bits per heavy atom. The van der Waals surface area contributed by atoms with Gasteiger partial charge in [-0.1, -0.05) is 85.2 Å². The van der Waals surface area contributed by atoms with Crippen molar-refractivity contribution in [3.8, 4) is 5.69 Å². The molecule has 0 radical (unpaired) electrons. The molecule has 1 amide bonds. The van der Waals surface area contributed by atoms with Crippen molar-refractivity contribution in [2.24, 2.45) is 67.5 Å². The topological polar surface area (TPSA) is 128 Å². The molecule has 9 nitrogen and oxygen atoms in total. The molecule has 0 bridgehead atoms. The predicted molar refractivity (Wildman–Crippen MR) is 234 cm³/mol. The van der Waals surface area contributed by atoms with Crippen molar-refractivity contribution >= 4 is 23.6 Å². The van der Waals surface area contributed by atoms with Gasteiger partial charge in [0.2, 0.25) is 5.91 Å². The Hall–Kier alpha value is -4.01. The molecule has 2 aromatic rings. The number of carbonyl (C=O) groups excluding carboxylic acids is 3. The number of nitrogens with zero attached hydrogens (tertiary/aromatic N) is 2. The standard InChI is InChI=1S/C52H69N3O6/c1-30(2)42-38(56)25-51(26-41(57)53-27-33-11-13-34(14-12-33)55-28-32(4)54-29-55)21-19-47(7)35(43(42)51)15-16-39-48(47,8)20-22-52-24-31(3)50(52,10)40(17-18-49(39,52)9)61-45(60)37-23-36(44(58)59)46(37,5)6/h11-14,28-30,35-37,39-40H,3,15-27H2,1-2,4-10H3,(H,53,57)(H,58,59)/t35?,36-,37+,39-,40?,47+,48+,49+,50+,51?,52-/m0/s1. The number of ketones is 1. The Labute approximate surface area is 363 Å². The number of aliphatic carboxylic acids is 1. The zero-order chi connectivity index (χ0) is 43.9. The van der Waals surface area contributed by atoms with Gasteiger partial charge in [-0.2, -0.15) is 0 Å². The number of hydrogen-bond donors (Lipinski definition) is 2. The van der Waals surface area contributed by atoms with Crippen LogP contribution >= 0.6 is 0 Å². The number of esters is 1. The second kappa shape index (κ2) is 13.7. The summed E-state index contributed by atoms with van der Waals surface area (Å²) >= 11 is 0. The number of imidazole rings is 1. The summed E-state index contributed by atoms with van der Waals surface area (Å²) in [5.41, 5.74) is 5.10. The normalized spacial score (nSPS) is 40.7. The molecule has 7 aliphatic carbocycles. The summed E-state index contributed by atoms with van der Waals surface area (Å²) in [7, 11) is 0. The monoisotopic (exact) mass is 832 g/mol. The van der Waals surface area contributed by atoms with Gasteiger partial charge in [-0.3, -0.25) is 19.2 Å². The molecule has 7 aliphatic rings. The van der Waals surface area contributed by atoms with Crippen LogP contribution in [0.25, 0.3) is 5.69 Å². The first kappa shape index (κ1) is 42.3. The average Bonchev–Trinajstić information content (AvgIpc) is 3.76. The minimum Gasteiger partial charge on any atom is -0.481 e. The highest BCUT2D eigenvalue weighted by atomic mass is 16.5. The van der Waals surface area contributed by atoms with Gasteiger partial charge in [0.05, 0.1) is 23.9 Å². The van der Waals surface area contributed by atoms with E-state index in [4.69, 9.17) is 4.74 Å². The number of carbonyl (C=O) groups is 4. The van der Waals surface area contributed by atoms with E-state index in [9.17, 15) is 24.3 Å². The van der Waals surface area contributed by atoms with Crippen LogP contribution in [0.15, 0.2) is 60.1 Å². The van der Waals surface area contributed by atoms with Gasteiger partial charge >= 0.3 is 11.9 Å². The number of benzene rings is 1. The number of nitrogens with one attached hydrogen (secondary N) is 1. The van der Waals surface area contributed by atoms with Gasteiger partial charge in [-0.05, 0) is 139 Å². The Kier molecular flexibility index (Phi) is 9.53. The largest absolute Gasteiger partial charge is 0.481 e. The van der Waals surface area contributed by atoms with Gasteiger partial charge in [0.25, 0.3) is 0 Å². The van der Waals surface area contributed by atoms with Crippen molar-refractivity contribution in [2.75, 3.05) is 0 Å². The van der Waals surface area contributed by atoms with Crippen LogP contribution in [0.1, 0.15) is 144 Å². The first-order chi connectivity index (χ1) is 28.6. The van der Waals surface area contributed by atoms with E-state index in [2.05, 4.69) is 82.7 Å². The number of aromatic nitrogens is 2. The Morgan fingerprint density at radius 2 is 1.62 bits per heavy atom. The summed E-state index contributed by atoms with van der Waals surface area (Å²) in [6.07, 6.45) is 13.4. The number of carboxylic acid groups (broad SMARTS) is 1. The van der Waals surface area contributed by atoms with Crippen LogP contribution in [0.5, 0.6) is 0 Å². The van der Waals surface area contributed by atoms with Crippen LogP contribution in [-0.4, -0.2) is 44.4 Å². The Bertz CT molecular complexity index is 2250. The number of fused-ring (bicyclic) bond motifs is 6. The number of ether oxygens (including phenoxy) is 1. The number of amides is 1. The molecule has 6 fully saturated rings.